The van der Waals surface area contributed by atoms with Crippen molar-refractivity contribution in [2.75, 3.05) is 39.7 Å². The fourth-order valence-electron chi connectivity index (χ4n) is 4.06. The van der Waals surface area contributed by atoms with Crippen molar-refractivity contribution in [3.05, 3.63) is 42.0 Å². The molecule has 192 valence electrons. The number of carbonyl (C=O) groups excluding carboxylic acids is 1. The number of hydrogen-bond acceptors (Lipinski definition) is 9. The third kappa shape index (κ3) is 5.14. The van der Waals surface area contributed by atoms with Crippen LogP contribution in [0.5, 0.6) is 17.2 Å². The molecular formula is C24H28N4O7S. The molecule has 1 aliphatic heterocycles. The van der Waals surface area contributed by atoms with Crippen LogP contribution in [0.25, 0.3) is 11.5 Å². The van der Waals surface area contributed by atoms with Gasteiger partial charge in [-0.3, -0.25) is 10.1 Å². The monoisotopic (exact) mass is 516 g/mol. The van der Waals surface area contributed by atoms with Crippen molar-refractivity contribution in [2.24, 2.45) is 5.92 Å². The highest BCUT2D eigenvalue weighted by Crippen LogP contribution is 2.41. The first kappa shape index (κ1) is 25.5. The lowest BCUT2D eigenvalue weighted by Crippen LogP contribution is -2.39. The summed E-state index contributed by atoms with van der Waals surface area (Å²) in [5.74, 6) is 1.15. The molecule has 1 aliphatic rings. The van der Waals surface area contributed by atoms with Crippen LogP contribution < -0.4 is 19.5 Å². The van der Waals surface area contributed by atoms with E-state index in [0.29, 0.717) is 41.8 Å². The van der Waals surface area contributed by atoms with Crippen LogP contribution >= 0.6 is 0 Å². The van der Waals surface area contributed by atoms with E-state index >= 15 is 0 Å². The number of carbonyl (C=O) groups is 1. The third-order valence-corrected chi connectivity index (χ3v) is 7.81. The topological polar surface area (TPSA) is 133 Å². The van der Waals surface area contributed by atoms with Gasteiger partial charge in [0.1, 0.15) is 0 Å². The van der Waals surface area contributed by atoms with E-state index in [4.69, 9.17) is 18.6 Å². The second-order valence-corrected chi connectivity index (χ2v) is 10.4. The molecule has 3 aromatic rings. The lowest BCUT2D eigenvalue weighted by molar-refractivity contribution is 0.102. The molecule has 4 rings (SSSR count). The summed E-state index contributed by atoms with van der Waals surface area (Å²) in [6, 6.07) is 8.92. The van der Waals surface area contributed by atoms with Gasteiger partial charge in [0, 0.05) is 24.2 Å². The zero-order valence-corrected chi connectivity index (χ0v) is 21.3. The number of anilines is 1. The Kier molecular flexibility index (Phi) is 7.45. The number of nitrogens with zero attached hydrogens (tertiary/aromatic N) is 3. The van der Waals surface area contributed by atoms with Gasteiger partial charge < -0.3 is 18.6 Å². The maximum atomic E-state index is 12.9. The fourth-order valence-corrected chi connectivity index (χ4v) is 5.65. The van der Waals surface area contributed by atoms with Crippen molar-refractivity contribution in [1.29, 1.82) is 0 Å². The molecule has 0 bridgehead atoms. The average molecular weight is 517 g/mol. The number of aromatic nitrogens is 2. The Morgan fingerprint density at radius 1 is 1.06 bits per heavy atom. The number of piperidine rings is 1. The average Bonchev–Trinajstić information content (AvgIpc) is 3.36. The Hall–Kier alpha value is -3.64. The number of methoxy groups -OCH3 is 3. The van der Waals surface area contributed by atoms with E-state index in [2.05, 4.69) is 15.5 Å². The second kappa shape index (κ2) is 10.5. The zero-order valence-electron chi connectivity index (χ0n) is 20.5. The SMILES string of the molecule is COc1cc(-c2nnc(NC(=O)c3ccc(S(=O)(=O)N4CCC[C@@H](C)C4)cc3)o2)cc(OC)c1OC. The summed E-state index contributed by atoms with van der Waals surface area (Å²) in [6.07, 6.45) is 1.85. The molecule has 1 amide bonds. The zero-order chi connectivity index (χ0) is 25.9. The summed E-state index contributed by atoms with van der Waals surface area (Å²) in [4.78, 5) is 12.8. The normalized spacial score (nSPS) is 16.4. The first-order chi connectivity index (χ1) is 17.3. The maximum absolute atomic E-state index is 12.9. The van der Waals surface area contributed by atoms with Crippen molar-refractivity contribution >= 4 is 21.9 Å². The molecular weight excluding hydrogens is 488 g/mol. The van der Waals surface area contributed by atoms with Crippen molar-refractivity contribution < 1.29 is 31.8 Å². The Labute approximate surface area is 209 Å². The van der Waals surface area contributed by atoms with E-state index < -0.39 is 15.9 Å². The molecule has 1 N–H and O–H groups in total. The van der Waals surface area contributed by atoms with Gasteiger partial charge >= 0.3 is 6.01 Å². The van der Waals surface area contributed by atoms with Crippen LogP contribution in [-0.2, 0) is 10.0 Å². The number of hydrogen-bond donors (Lipinski definition) is 1. The number of amides is 1. The largest absolute Gasteiger partial charge is 0.493 e. The molecule has 1 fully saturated rings. The quantitative estimate of drug-likeness (QED) is 0.478. The predicted molar refractivity (Wildman–Crippen MR) is 131 cm³/mol. The number of ether oxygens (including phenoxy) is 3. The molecule has 11 nitrogen and oxygen atoms in total. The summed E-state index contributed by atoms with van der Waals surface area (Å²) >= 11 is 0. The molecule has 1 atom stereocenters. The van der Waals surface area contributed by atoms with Gasteiger partial charge in [-0.25, -0.2) is 8.42 Å². The van der Waals surface area contributed by atoms with E-state index in [1.807, 2.05) is 6.92 Å². The lowest BCUT2D eigenvalue weighted by Gasteiger charge is -2.30. The van der Waals surface area contributed by atoms with Crippen LogP contribution in [0.4, 0.5) is 6.01 Å². The minimum Gasteiger partial charge on any atom is -0.493 e. The first-order valence-corrected chi connectivity index (χ1v) is 12.8. The molecule has 2 aromatic carbocycles. The Morgan fingerprint density at radius 2 is 1.72 bits per heavy atom. The van der Waals surface area contributed by atoms with Crippen LogP contribution in [0, 0.1) is 5.92 Å². The molecule has 12 heteroatoms. The molecule has 0 aliphatic carbocycles. The van der Waals surface area contributed by atoms with Gasteiger partial charge in [-0.1, -0.05) is 12.0 Å². The van der Waals surface area contributed by atoms with Crippen molar-refractivity contribution in [3.8, 4) is 28.7 Å². The standard InChI is InChI=1S/C24H28N4O7S/c1-15-6-5-11-28(14-15)36(30,31)18-9-7-16(8-10-18)22(29)25-24-27-26-23(35-24)17-12-19(32-2)21(34-4)20(13-17)33-3/h7-10,12-13,15H,5-6,11,14H2,1-4H3,(H,25,27,29)/t15-/m1/s1. The van der Waals surface area contributed by atoms with Gasteiger partial charge in [-0.05, 0) is 55.2 Å². The lowest BCUT2D eigenvalue weighted by atomic mass is 10.0. The summed E-state index contributed by atoms with van der Waals surface area (Å²) in [7, 11) is 0.868. The number of benzene rings is 2. The molecule has 1 aromatic heterocycles. The molecule has 0 unspecified atom stereocenters. The molecule has 0 radical (unpaired) electrons. The predicted octanol–water partition coefficient (Wildman–Crippen LogP) is 3.44. The van der Waals surface area contributed by atoms with Crippen molar-refractivity contribution in [2.45, 2.75) is 24.7 Å². The smallest absolute Gasteiger partial charge is 0.322 e. The van der Waals surface area contributed by atoms with Crippen LogP contribution in [0.2, 0.25) is 0 Å². The van der Waals surface area contributed by atoms with Crippen LogP contribution in [-0.4, -0.2) is 63.2 Å². The minimum atomic E-state index is -3.61. The molecule has 0 saturated carbocycles. The minimum absolute atomic E-state index is 0.122. The van der Waals surface area contributed by atoms with Crippen LogP contribution in [0.1, 0.15) is 30.1 Å². The van der Waals surface area contributed by atoms with E-state index in [0.717, 1.165) is 12.8 Å². The van der Waals surface area contributed by atoms with Gasteiger partial charge in [0.15, 0.2) is 11.5 Å². The highest BCUT2D eigenvalue weighted by Gasteiger charge is 2.28. The summed E-state index contributed by atoms with van der Waals surface area (Å²) in [5.41, 5.74) is 0.743. The van der Waals surface area contributed by atoms with E-state index in [9.17, 15) is 13.2 Å². The highest BCUT2D eigenvalue weighted by molar-refractivity contribution is 7.89. The summed E-state index contributed by atoms with van der Waals surface area (Å²) in [6.45, 7) is 3.04. The van der Waals surface area contributed by atoms with Gasteiger partial charge in [0.05, 0.1) is 26.2 Å². The maximum Gasteiger partial charge on any atom is 0.322 e. The third-order valence-electron chi connectivity index (χ3n) is 5.93. The number of sulfonamides is 1. The van der Waals surface area contributed by atoms with E-state index in [1.54, 1.807) is 12.1 Å². The van der Waals surface area contributed by atoms with Crippen LogP contribution in [0.15, 0.2) is 45.7 Å². The van der Waals surface area contributed by atoms with Crippen molar-refractivity contribution in [1.82, 2.24) is 14.5 Å². The second-order valence-electron chi connectivity index (χ2n) is 8.42. The summed E-state index contributed by atoms with van der Waals surface area (Å²) < 4.78 is 49.0. The van der Waals surface area contributed by atoms with Gasteiger partial charge in [-0.2, -0.15) is 4.31 Å². The van der Waals surface area contributed by atoms with Gasteiger partial charge in [0.25, 0.3) is 5.91 Å². The van der Waals surface area contributed by atoms with Crippen LogP contribution in [0.3, 0.4) is 0 Å². The van der Waals surface area contributed by atoms with Gasteiger partial charge in [-0.15, -0.1) is 5.10 Å². The Morgan fingerprint density at radius 3 is 2.31 bits per heavy atom. The number of rotatable bonds is 8. The highest BCUT2D eigenvalue weighted by atomic mass is 32.2. The molecule has 36 heavy (non-hydrogen) atoms. The molecule has 2 heterocycles. The van der Waals surface area contributed by atoms with Crippen molar-refractivity contribution in [3.63, 3.8) is 0 Å². The van der Waals surface area contributed by atoms with E-state index in [1.165, 1.54) is 49.9 Å². The first-order valence-electron chi connectivity index (χ1n) is 11.3. The van der Waals surface area contributed by atoms with Gasteiger partial charge in [0.2, 0.25) is 21.7 Å². The fraction of sp³-hybridized carbons (Fsp3) is 0.375. The molecule has 1 saturated heterocycles. The Bertz CT molecular complexity index is 1310. The summed E-state index contributed by atoms with van der Waals surface area (Å²) in [5, 5.41) is 10.4. The Balaban J connectivity index is 1.48. The molecule has 0 spiro atoms. The number of nitrogens with one attached hydrogen (secondary N) is 1. The van der Waals surface area contributed by atoms with E-state index in [-0.39, 0.29) is 22.4 Å².